The van der Waals surface area contributed by atoms with Crippen molar-refractivity contribution in [2.75, 3.05) is 281 Å². The molecule has 0 aliphatic carbocycles. The number of nitrogens with one attached hydrogen (secondary N) is 6. The van der Waals surface area contributed by atoms with Gasteiger partial charge in [0, 0.05) is 79.0 Å². The number of ether oxygens (including phenoxy) is 24. The maximum atomic E-state index is 14.8. The predicted octanol–water partition coefficient (Wildman–Crippen LogP) is 5.77. The van der Waals surface area contributed by atoms with Crippen LogP contribution in [0.25, 0.3) is 0 Å². The molecule has 0 unspecified atom stereocenters. The van der Waals surface area contributed by atoms with E-state index in [9.17, 15) is 44.1 Å². The minimum Gasteiger partial charge on any atom is -0.506 e. The van der Waals surface area contributed by atoms with Crippen LogP contribution in [0.5, 0.6) is 51.7 Å². The van der Waals surface area contributed by atoms with E-state index in [1.54, 1.807) is 63.4 Å². The maximum absolute atomic E-state index is 14.8. The second-order valence-corrected chi connectivity index (χ2v) is 29.8. The normalized spacial score (nSPS) is 12.3. The number of rotatable bonds is 78. The van der Waals surface area contributed by atoms with Crippen LogP contribution in [0.15, 0.2) is 51.7 Å². The van der Waals surface area contributed by atoms with Crippen LogP contribution in [0.1, 0.15) is 141 Å². The highest BCUT2D eigenvalue weighted by Gasteiger charge is 2.30. The Hall–Kier alpha value is -9.81. The van der Waals surface area contributed by atoms with Gasteiger partial charge in [-0.05, 0) is 56.7 Å². The lowest BCUT2D eigenvalue weighted by Gasteiger charge is -2.20. The number of amides is 6. The molecule has 0 bridgehead atoms. The molecular weight excluding hydrogens is 1740 g/mol. The molecule has 0 heterocycles. The number of aromatic hydroxyl groups is 3. The van der Waals surface area contributed by atoms with E-state index in [-0.39, 0.29) is 262 Å². The van der Waals surface area contributed by atoms with Gasteiger partial charge in [0.1, 0.15) is 91.4 Å². The molecule has 0 aliphatic heterocycles. The topological polar surface area (TPSA) is 494 Å². The van der Waals surface area contributed by atoms with Gasteiger partial charge in [0.2, 0.25) is 0 Å². The first-order chi connectivity index (χ1) is 63.9. The number of hydrogen-bond donors (Lipinski definition) is 9. The molecule has 0 aromatic heterocycles. The second kappa shape index (κ2) is 70.0. The summed E-state index contributed by atoms with van der Waals surface area (Å²) in [7, 11) is 9.32. The third-order valence-corrected chi connectivity index (χ3v) is 19.1. The fraction of sp³-hybridized carbons (Fsp3) is 0.633. The highest BCUT2D eigenvalue weighted by Crippen LogP contribution is 2.40. The van der Waals surface area contributed by atoms with E-state index in [0.717, 1.165) is 18.6 Å². The summed E-state index contributed by atoms with van der Waals surface area (Å²) >= 11 is 0. The summed E-state index contributed by atoms with van der Waals surface area (Å²) in [5, 5.41) is 58.3. The molecule has 4 aromatic rings. The van der Waals surface area contributed by atoms with Crippen LogP contribution in [0.3, 0.4) is 0 Å². The number of carbonyl (C=O) groups excluding carboxylic acids is 6. The van der Waals surface area contributed by atoms with Crippen LogP contribution in [0.4, 0.5) is 0 Å². The number of hydrogen-bond acceptors (Lipinski definition) is 36. The van der Waals surface area contributed by atoms with Crippen molar-refractivity contribution in [1.82, 2.24) is 32.2 Å². The lowest BCUT2D eigenvalue weighted by atomic mass is 10.0. The molecule has 744 valence electrons. The van der Waals surface area contributed by atoms with E-state index in [1.165, 1.54) is 36.4 Å². The van der Waals surface area contributed by atoms with E-state index in [1.807, 2.05) is 41.5 Å². The first kappa shape index (κ1) is 115. The Balaban J connectivity index is 2.00. The van der Waals surface area contributed by atoms with Gasteiger partial charge in [0.05, 0.1) is 267 Å². The summed E-state index contributed by atoms with van der Waals surface area (Å²) in [5.41, 5.74) is 3.98. The second-order valence-electron chi connectivity index (χ2n) is 29.8. The minimum atomic E-state index is -1.02. The fourth-order valence-corrected chi connectivity index (χ4v) is 10.7. The summed E-state index contributed by atoms with van der Waals surface area (Å²) in [6.45, 7) is 23.4. The first-order valence-electron chi connectivity index (χ1n) is 43.8. The minimum absolute atomic E-state index is 0.000406. The van der Waals surface area contributed by atoms with Crippen molar-refractivity contribution in [2.45, 2.75) is 80.4 Å². The van der Waals surface area contributed by atoms with E-state index >= 15 is 0 Å². The van der Waals surface area contributed by atoms with Crippen molar-refractivity contribution >= 4 is 54.1 Å². The number of phenolic OH excluding ortho intramolecular Hbond substituents is 3. The Bertz CT molecular complexity index is 3630. The number of hydrazone groups is 3. The molecule has 4 rings (SSSR count). The molecule has 0 fully saturated rings. The van der Waals surface area contributed by atoms with E-state index in [2.05, 4.69) is 47.5 Å². The van der Waals surface area contributed by atoms with Crippen molar-refractivity contribution < 1.29 is 158 Å². The Labute approximate surface area is 773 Å². The van der Waals surface area contributed by atoms with Crippen LogP contribution < -0.4 is 60.6 Å². The SMILES string of the molecule is COCCOCCOCCOc1cc(OCCOCCOCCOC)c(C(=O)N[C@H](C)C(C)C)cc1C(=O)N/N=C/c1c(O)c(/C=N/NC(=O)c2cc(C(=O)N[C@H](C)C(C)C)c(OCCOCCOCCOC)cc2OCCOCCOCCOC)c(O)c(/C=N/NC(=O)c2cc(C(=O)N[C@H](C)C(C)C)c(OCCOCCOCCOC)cc2OCCOCCOCCOC)c1O. The molecule has 0 saturated heterocycles. The van der Waals surface area contributed by atoms with Gasteiger partial charge in [-0.1, -0.05) is 41.5 Å². The molecule has 3 atom stereocenters. The molecule has 4 aromatic carbocycles. The van der Waals surface area contributed by atoms with Crippen molar-refractivity contribution in [3.05, 3.63) is 86.5 Å². The van der Waals surface area contributed by atoms with Gasteiger partial charge in [-0.3, -0.25) is 28.8 Å². The van der Waals surface area contributed by atoms with Crippen molar-refractivity contribution in [2.24, 2.45) is 33.1 Å². The standard InChI is InChI=1S/C90H141N9O33/c1-61(2)64(7)94-85(103)67-52-70(79(130-49-43-124-37-31-118-25-19-112-13)55-76(67)127-46-40-121-34-28-115-22-16-109-10)88(106)97-91-58-73-82(100)74(59-92-98-89(107)71-53-68(86(104)95-65(8)62(3)4)77(128-47-41-122-35-29-116-23-17-110-11)56-80(71)131-50-44-125-38-32-119-26-20-113-14)84(102)75(83(73)101)60-93-99-90(108)72-54-69(87(105)96-66(9)63(5)6)78(129-48-42-123-36-30-117-24-18-111-12)57-81(72)132-51-45-126-39-33-120-27-21-114-15/h52-66,100-102H,16-51H2,1-15H3,(H,94,103)(H,95,104)(H,96,105)(H,97,106)(H,98,107)(H,99,108)/b91-58+,92-59+,93-60+/t64-,65-,66-/m1/s1. The van der Waals surface area contributed by atoms with Gasteiger partial charge in [0.25, 0.3) is 35.4 Å². The zero-order chi connectivity index (χ0) is 96.5. The van der Waals surface area contributed by atoms with Crippen LogP contribution in [0.2, 0.25) is 0 Å². The smallest absolute Gasteiger partial charge is 0.275 e. The fourth-order valence-electron chi connectivity index (χ4n) is 10.7. The zero-order valence-corrected chi connectivity index (χ0v) is 79.0. The van der Waals surface area contributed by atoms with Crippen molar-refractivity contribution in [1.29, 1.82) is 0 Å². The van der Waals surface area contributed by atoms with Crippen LogP contribution in [-0.4, -0.2) is 368 Å². The monoisotopic (exact) mass is 1880 g/mol. The molecule has 42 heteroatoms. The Kier molecular flexibility index (Phi) is 60.7. The first-order valence-corrected chi connectivity index (χ1v) is 43.8. The average Bonchev–Trinajstić information content (AvgIpc) is 0.783. The Morgan fingerprint density at radius 2 is 0.394 bits per heavy atom. The number of methoxy groups -OCH3 is 6. The molecule has 0 spiro atoms. The van der Waals surface area contributed by atoms with Gasteiger partial charge < -0.3 is 145 Å². The summed E-state index contributed by atoms with van der Waals surface area (Å²) in [4.78, 5) is 87.6. The zero-order valence-electron chi connectivity index (χ0n) is 79.0. The van der Waals surface area contributed by atoms with Gasteiger partial charge in [-0.25, -0.2) is 16.3 Å². The van der Waals surface area contributed by atoms with Gasteiger partial charge in [0.15, 0.2) is 0 Å². The lowest BCUT2D eigenvalue weighted by molar-refractivity contribution is 0.0173. The van der Waals surface area contributed by atoms with Crippen LogP contribution in [-0.2, 0) is 85.3 Å². The van der Waals surface area contributed by atoms with E-state index < -0.39 is 69.4 Å². The number of nitrogens with zero attached hydrogens (tertiary/aromatic N) is 3. The number of carbonyl (C=O) groups is 6. The van der Waals surface area contributed by atoms with Crippen LogP contribution >= 0.6 is 0 Å². The summed E-state index contributed by atoms with van der Waals surface area (Å²) in [6, 6.07) is 6.59. The van der Waals surface area contributed by atoms with Gasteiger partial charge in [-0.2, -0.15) is 15.3 Å². The molecule has 6 amide bonds. The quantitative estimate of drug-likeness (QED) is 0.0144. The summed E-state index contributed by atoms with van der Waals surface area (Å²) in [5.74, 6) is -8.40. The average molecular weight is 1880 g/mol. The van der Waals surface area contributed by atoms with Gasteiger partial charge >= 0.3 is 0 Å². The largest absolute Gasteiger partial charge is 0.506 e. The molecule has 0 aliphatic rings. The molecule has 9 N–H and O–H groups in total. The maximum Gasteiger partial charge on any atom is 0.275 e. The molecule has 42 nitrogen and oxygen atoms in total. The lowest BCUT2D eigenvalue weighted by Crippen LogP contribution is -2.36. The van der Waals surface area contributed by atoms with Crippen molar-refractivity contribution in [3.8, 4) is 51.7 Å². The van der Waals surface area contributed by atoms with Crippen LogP contribution in [0, 0.1) is 17.8 Å². The summed E-state index contributed by atoms with van der Waals surface area (Å²) < 4.78 is 135. The van der Waals surface area contributed by atoms with E-state index in [0.29, 0.717) is 79.3 Å². The molecular formula is C90H141N9O33. The molecule has 0 radical (unpaired) electrons. The molecule has 132 heavy (non-hydrogen) atoms. The van der Waals surface area contributed by atoms with Crippen molar-refractivity contribution in [3.63, 3.8) is 0 Å². The Morgan fingerprint density at radius 1 is 0.242 bits per heavy atom. The predicted molar refractivity (Wildman–Crippen MR) is 485 cm³/mol. The number of benzene rings is 4. The third-order valence-electron chi connectivity index (χ3n) is 19.1. The number of phenols is 3. The summed E-state index contributed by atoms with van der Waals surface area (Å²) in [6.07, 6.45) is 2.34. The van der Waals surface area contributed by atoms with E-state index in [4.69, 9.17) is 114 Å². The Morgan fingerprint density at radius 3 is 0.553 bits per heavy atom. The third kappa shape index (κ3) is 45.3. The highest BCUT2D eigenvalue weighted by molar-refractivity contribution is 6.08. The molecule has 0 saturated carbocycles. The highest BCUT2D eigenvalue weighted by atomic mass is 16.6. The van der Waals surface area contributed by atoms with Gasteiger partial charge in [-0.15, -0.1) is 0 Å².